The Bertz CT molecular complexity index is 1260. The predicted molar refractivity (Wildman–Crippen MR) is 164 cm³/mol. The highest BCUT2D eigenvalue weighted by atomic mass is 16.2. The molecule has 2 saturated heterocycles. The number of guanidine groups is 1. The number of piperidine rings is 1. The van der Waals surface area contributed by atoms with Gasteiger partial charge in [-0.3, -0.25) is 24.6 Å². The van der Waals surface area contributed by atoms with Gasteiger partial charge < -0.3 is 31.9 Å². The summed E-state index contributed by atoms with van der Waals surface area (Å²) in [4.78, 5) is 54.5. The molecule has 0 aromatic heterocycles. The van der Waals surface area contributed by atoms with Crippen LogP contribution in [-0.4, -0.2) is 71.7 Å². The maximum absolute atomic E-state index is 13.5. The molecule has 0 bridgehead atoms. The van der Waals surface area contributed by atoms with Crippen molar-refractivity contribution in [1.29, 1.82) is 5.41 Å². The normalized spacial score (nSPS) is 20.0. The van der Waals surface area contributed by atoms with Crippen molar-refractivity contribution in [1.82, 2.24) is 26.2 Å². The molecule has 0 saturated carbocycles. The highest BCUT2D eigenvalue weighted by Crippen LogP contribution is 2.33. The van der Waals surface area contributed by atoms with Crippen molar-refractivity contribution < 1.29 is 19.2 Å². The fraction of sp³-hybridized carbons (Fsp3) is 0.469. The van der Waals surface area contributed by atoms with Gasteiger partial charge in [-0.2, -0.15) is 0 Å². The number of amides is 4. The minimum atomic E-state index is -0.793. The van der Waals surface area contributed by atoms with Crippen molar-refractivity contribution in [2.45, 2.75) is 82.0 Å². The molecule has 2 heterocycles. The largest absolute Gasteiger partial charge is 0.370 e. The molecule has 4 amide bonds. The lowest BCUT2D eigenvalue weighted by molar-refractivity contribution is -0.146. The molecule has 7 N–H and O–H groups in total. The third-order valence-corrected chi connectivity index (χ3v) is 8.09. The zero-order valence-electron chi connectivity index (χ0n) is 24.5. The summed E-state index contributed by atoms with van der Waals surface area (Å²) in [5, 5.41) is 18.8. The Morgan fingerprint density at radius 2 is 1.53 bits per heavy atom. The predicted octanol–water partition coefficient (Wildman–Crippen LogP) is 1.36. The second kappa shape index (κ2) is 15.7. The van der Waals surface area contributed by atoms with Crippen LogP contribution in [0.15, 0.2) is 60.7 Å². The molecule has 2 aliphatic rings. The zero-order chi connectivity index (χ0) is 30.6. The third kappa shape index (κ3) is 9.29. The molecular weight excluding hydrogens is 546 g/mol. The SMILES string of the molecule is N=C(N)NCCC[C@H](NC(=O)[C@@H]1CC[C@@H]2CCC(NC(=O)Cc3ccccc3)C(=O)N21)C(=O)NCCCc1ccccc1. The number of carbonyl (C=O) groups excluding carboxylic acids is 4. The van der Waals surface area contributed by atoms with Gasteiger partial charge in [0.15, 0.2) is 5.96 Å². The third-order valence-electron chi connectivity index (χ3n) is 8.09. The van der Waals surface area contributed by atoms with Crippen molar-refractivity contribution in [3.63, 3.8) is 0 Å². The van der Waals surface area contributed by atoms with Crippen molar-refractivity contribution in [3.05, 3.63) is 71.8 Å². The van der Waals surface area contributed by atoms with Gasteiger partial charge in [0.1, 0.15) is 18.1 Å². The summed E-state index contributed by atoms with van der Waals surface area (Å²) < 4.78 is 0. The molecular formula is C32H43N7O4. The number of hydrogen-bond acceptors (Lipinski definition) is 5. The maximum Gasteiger partial charge on any atom is 0.246 e. The van der Waals surface area contributed by atoms with Crippen LogP contribution in [0.5, 0.6) is 0 Å². The lowest BCUT2D eigenvalue weighted by atomic mass is 9.97. The number of nitrogens with two attached hydrogens (primary N) is 1. The van der Waals surface area contributed by atoms with Gasteiger partial charge in [0.05, 0.1) is 6.42 Å². The molecule has 1 unspecified atom stereocenters. The highest BCUT2D eigenvalue weighted by Gasteiger charge is 2.46. The fourth-order valence-corrected chi connectivity index (χ4v) is 5.92. The van der Waals surface area contributed by atoms with E-state index in [0.29, 0.717) is 51.6 Å². The molecule has 0 aliphatic carbocycles. The lowest BCUT2D eigenvalue weighted by Crippen LogP contribution is -2.60. The number of hydrogen-bond donors (Lipinski definition) is 6. The quantitative estimate of drug-likeness (QED) is 0.110. The van der Waals surface area contributed by atoms with E-state index in [1.807, 2.05) is 60.7 Å². The van der Waals surface area contributed by atoms with E-state index in [9.17, 15) is 19.2 Å². The molecule has 0 radical (unpaired) electrons. The molecule has 4 atom stereocenters. The van der Waals surface area contributed by atoms with Crippen molar-refractivity contribution >= 4 is 29.6 Å². The molecule has 4 rings (SSSR count). The van der Waals surface area contributed by atoms with Crippen LogP contribution >= 0.6 is 0 Å². The van der Waals surface area contributed by atoms with Gasteiger partial charge in [0.2, 0.25) is 23.6 Å². The lowest BCUT2D eigenvalue weighted by Gasteiger charge is -2.38. The van der Waals surface area contributed by atoms with Gasteiger partial charge in [-0.15, -0.1) is 0 Å². The van der Waals surface area contributed by atoms with Crippen LogP contribution in [0.1, 0.15) is 56.1 Å². The Labute approximate surface area is 252 Å². The van der Waals surface area contributed by atoms with Crippen molar-refractivity contribution in [3.8, 4) is 0 Å². The summed E-state index contributed by atoms with van der Waals surface area (Å²) in [6.45, 7) is 0.857. The number of nitrogens with zero attached hydrogens (tertiary/aromatic N) is 1. The Kier molecular flexibility index (Phi) is 11.5. The van der Waals surface area contributed by atoms with Crippen LogP contribution < -0.4 is 27.0 Å². The summed E-state index contributed by atoms with van der Waals surface area (Å²) in [6, 6.07) is 17.1. The molecule has 43 heavy (non-hydrogen) atoms. The molecule has 2 fully saturated rings. The monoisotopic (exact) mass is 589 g/mol. The van der Waals surface area contributed by atoms with Crippen LogP contribution in [0.25, 0.3) is 0 Å². The van der Waals surface area contributed by atoms with E-state index in [4.69, 9.17) is 11.1 Å². The molecule has 0 spiro atoms. The first-order valence-corrected chi connectivity index (χ1v) is 15.2. The molecule has 11 heteroatoms. The number of fused-ring (bicyclic) bond motifs is 1. The Hall–Kier alpha value is -4.41. The molecule has 2 aromatic rings. The average Bonchev–Trinajstić information content (AvgIpc) is 3.44. The van der Waals surface area contributed by atoms with E-state index in [1.165, 1.54) is 5.56 Å². The molecule has 2 aliphatic heterocycles. The van der Waals surface area contributed by atoms with Crippen molar-refractivity contribution in [2.24, 2.45) is 5.73 Å². The summed E-state index contributed by atoms with van der Waals surface area (Å²) in [5.41, 5.74) is 7.43. The van der Waals surface area contributed by atoms with E-state index >= 15 is 0 Å². The van der Waals surface area contributed by atoms with E-state index < -0.39 is 18.1 Å². The Balaban J connectivity index is 1.33. The van der Waals surface area contributed by atoms with Gasteiger partial charge in [-0.05, 0) is 62.5 Å². The Morgan fingerprint density at radius 1 is 0.884 bits per heavy atom. The molecule has 2 aromatic carbocycles. The van der Waals surface area contributed by atoms with Gasteiger partial charge >= 0.3 is 0 Å². The van der Waals surface area contributed by atoms with Crippen LogP contribution in [0.4, 0.5) is 0 Å². The maximum atomic E-state index is 13.5. The topological polar surface area (TPSA) is 170 Å². The minimum absolute atomic E-state index is 0.0597. The highest BCUT2D eigenvalue weighted by molar-refractivity contribution is 5.95. The van der Waals surface area contributed by atoms with E-state index in [0.717, 1.165) is 18.4 Å². The second-order valence-electron chi connectivity index (χ2n) is 11.3. The summed E-state index contributed by atoms with van der Waals surface area (Å²) in [7, 11) is 0. The van der Waals surface area contributed by atoms with Crippen LogP contribution in [0.3, 0.4) is 0 Å². The van der Waals surface area contributed by atoms with E-state index in [-0.39, 0.29) is 42.1 Å². The second-order valence-corrected chi connectivity index (χ2v) is 11.3. The summed E-state index contributed by atoms with van der Waals surface area (Å²) in [6.07, 6.45) is 5.05. The number of benzene rings is 2. The fourth-order valence-electron chi connectivity index (χ4n) is 5.92. The molecule has 230 valence electrons. The first-order chi connectivity index (χ1) is 20.8. The first-order valence-electron chi connectivity index (χ1n) is 15.2. The van der Waals surface area contributed by atoms with Gasteiger partial charge in [0, 0.05) is 19.1 Å². The molecule has 11 nitrogen and oxygen atoms in total. The first kappa shape index (κ1) is 31.5. The van der Waals surface area contributed by atoms with Crippen LogP contribution in [0.2, 0.25) is 0 Å². The van der Waals surface area contributed by atoms with Gasteiger partial charge in [-0.25, -0.2) is 0 Å². The minimum Gasteiger partial charge on any atom is -0.370 e. The Morgan fingerprint density at radius 3 is 2.23 bits per heavy atom. The average molecular weight is 590 g/mol. The zero-order valence-corrected chi connectivity index (χ0v) is 24.5. The van der Waals surface area contributed by atoms with Gasteiger partial charge in [0.25, 0.3) is 0 Å². The van der Waals surface area contributed by atoms with Gasteiger partial charge in [-0.1, -0.05) is 60.7 Å². The van der Waals surface area contributed by atoms with E-state index in [2.05, 4.69) is 21.3 Å². The summed E-state index contributed by atoms with van der Waals surface area (Å²) in [5.74, 6) is -1.28. The van der Waals surface area contributed by atoms with E-state index in [1.54, 1.807) is 4.90 Å². The summed E-state index contributed by atoms with van der Waals surface area (Å²) >= 11 is 0. The number of nitrogens with one attached hydrogen (secondary N) is 5. The number of aryl methyl sites for hydroxylation is 1. The smallest absolute Gasteiger partial charge is 0.246 e. The number of rotatable bonds is 14. The van der Waals surface area contributed by atoms with Crippen LogP contribution in [0, 0.1) is 5.41 Å². The van der Waals surface area contributed by atoms with Crippen molar-refractivity contribution in [2.75, 3.05) is 13.1 Å². The van der Waals surface area contributed by atoms with Crippen LogP contribution in [-0.2, 0) is 32.0 Å². The standard InChI is InChI=1S/C32H43N7O4/c33-32(34)36-20-8-14-25(29(41)35-19-7-13-22-9-3-1-4-10-22)38-30(42)27-18-16-24-15-17-26(31(43)39(24)27)37-28(40)21-23-11-5-2-6-12-23/h1-6,9-12,24-27H,7-8,13-21H2,(H,35,41)(H,37,40)(H,38,42)(H4,33,34,36)/t24-,25-,26?,27-/m0/s1. The number of carbonyl (C=O) groups is 4.